The number of nitrogens with one attached hydrogen (secondary N) is 3. The lowest BCUT2D eigenvalue weighted by molar-refractivity contribution is 0.0944. The normalized spacial score (nSPS) is 13.2. The van der Waals surface area contributed by atoms with Crippen LogP contribution in [0.25, 0.3) is 0 Å². The van der Waals surface area contributed by atoms with Crippen molar-refractivity contribution in [2.24, 2.45) is 0 Å². The number of rotatable bonds is 3. The number of halogens is 2. The number of aromatic nitrogens is 3. The zero-order valence-electron chi connectivity index (χ0n) is 11.1. The number of carbonyl (C=O) groups is 1. The van der Waals surface area contributed by atoms with Gasteiger partial charge in [-0.1, -0.05) is 11.6 Å². The first-order valence-electron chi connectivity index (χ1n) is 6.39. The summed E-state index contributed by atoms with van der Waals surface area (Å²) in [4.78, 5) is 16.3. The van der Waals surface area contributed by atoms with Crippen LogP contribution in [-0.4, -0.2) is 27.6 Å². The smallest absolute Gasteiger partial charge is 0.272 e. The van der Waals surface area contributed by atoms with Crippen LogP contribution in [0.2, 0.25) is 5.02 Å². The molecule has 2 aromatic heterocycles. The first-order chi connectivity index (χ1) is 9.74. The van der Waals surface area contributed by atoms with Gasteiger partial charge in [0.05, 0.1) is 17.3 Å². The number of H-pyrrole nitrogens is 1. The topological polar surface area (TPSA) is 82.7 Å². The Balaban J connectivity index is 0.00000161. The van der Waals surface area contributed by atoms with Crippen molar-refractivity contribution in [2.75, 3.05) is 6.54 Å². The Morgan fingerprint density at radius 3 is 3.05 bits per heavy atom. The van der Waals surface area contributed by atoms with E-state index < -0.39 is 0 Å². The van der Waals surface area contributed by atoms with Crippen LogP contribution < -0.4 is 10.6 Å². The number of fused-ring (bicyclic) bond motifs is 1. The highest BCUT2D eigenvalue weighted by Crippen LogP contribution is 2.15. The summed E-state index contributed by atoms with van der Waals surface area (Å²) >= 11 is 5.76. The number of nitrogens with zero attached hydrogens (tertiary/aromatic N) is 2. The third-order valence-electron chi connectivity index (χ3n) is 3.24. The summed E-state index contributed by atoms with van der Waals surface area (Å²) in [5.41, 5.74) is 3.21. The van der Waals surface area contributed by atoms with E-state index in [4.69, 9.17) is 11.6 Å². The molecule has 1 aliphatic rings. The molecule has 8 heteroatoms. The third kappa shape index (κ3) is 3.53. The van der Waals surface area contributed by atoms with Gasteiger partial charge in [0.1, 0.15) is 0 Å². The van der Waals surface area contributed by atoms with E-state index in [1.165, 1.54) is 0 Å². The van der Waals surface area contributed by atoms with Crippen molar-refractivity contribution in [2.45, 2.75) is 19.5 Å². The molecule has 0 unspecified atom stereocenters. The number of carbonyl (C=O) groups excluding carboxylic acids is 1. The largest absolute Gasteiger partial charge is 0.345 e. The van der Waals surface area contributed by atoms with E-state index in [1.54, 1.807) is 18.3 Å². The summed E-state index contributed by atoms with van der Waals surface area (Å²) in [6.45, 7) is 1.93. The molecule has 0 fully saturated rings. The van der Waals surface area contributed by atoms with Gasteiger partial charge in [0, 0.05) is 37.0 Å². The Morgan fingerprint density at radius 1 is 1.43 bits per heavy atom. The predicted octanol–water partition coefficient (Wildman–Crippen LogP) is 1.46. The maximum absolute atomic E-state index is 12.1. The van der Waals surface area contributed by atoms with Crippen LogP contribution in [0.1, 0.15) is 27.4 Å². The predicted molar refractivity (Wildman–Crippen MR) is 81.7 cm³/mol. The molecule has 21 heavy (non-hydrogen) atoms. The molecule has 3 heterocycles. The third-order valence-corrected chi connectivity index (χ3v) is 3.46. The number of hydrogen-bond acceptors (Lipinski definition) is 4. The lowest BCUT2D eigenvalue weighted by Gasteiger charge is -2.12. The summed E-state index contributed by atoms with van der Waals surface area (Å²) in [5, 5.41) is 13.7. The van der Waals surface area contributed by atoms with Crippen LogP contribution in [-0.2, 0) is 19.5 Å². The van der Waals surface area contributed by atoms with Gasteiger partial charge in [0.25, 0.3) is 5.91 Å². The zero-order chi connectivity index (χ0) is 13.9. The van der Waals surface area contributed by atoms with Gasteiger partial charge in [-0.05, 0) is 12.1 Å². The zero-order valence-corrected chi connectivity index (χ0v) is 12.7. The van der Waals surface area contributed by atoms with Gasteiger partial charge in [0.15, 0.2) is 5.69 Å². The highest BCUT2D eigenvalue weighted by molar-refractivity contribution is 6.30. The van der Waals surface area contributed by atoms with Crippen LogP contribution in [0.3, 0.4) is 0 Å². The standard InChI is InChI=1S/C13H14ClN5O.ClH/c14-8-1-2-9(16-5-8)6-17-13(20)12-10-7-15-4-3-11(10)18-19-12;/h1-2,5,15H,3-4,6-7H2,(H,17,20)(H,18,19);1H. The van der Waals surface area contributed by atoms with Gasteiger partial charge in [-0.3, -0.25) is 14.9 Å². The SMILES string of the molecule is Cl.O=C(NCc1ccc(Cl)cn1)c1n[nH]c2c1CNCC2. The van der Waals surface area contributed by atoms with Crippen molar-refractivity contribution >= 4 is 29.9 Å². The minimum absolute atomic E-state index is 0. The Labute approximate surface area is 133 Å². The number of pyridine rings is 1. The quantitative estimate of drug-likeness (QED) is 0.797. The van der Waals surface area contributed by atoms with Gasteiger partial charge >= 0.3 is 0 Å². The van der Waals surface area contributed by atoms with E-state index in [0.717, 1.165) is 29.9 Å². The van der Waals surface area contributed by atoms with E-state index in [0.29, 0.717) is 23.8 Å². The van der Waals surface area contributed by atoms with Crippen LogP contribution in [0, 0.1) is 0 Å². The monoisotopic (exact) mass is 327 g/mol. The fourth-order valence-electron chi connectivity index (χ4n) is 2.18. The number of amides is 1. The van der Waals surface area contributed by atoms with Crippen LogP contribution >= 0.6 is 24.0 Å². The lowest BCUT2D eigenvalue weighted by Crippen LogP contribution is -2.28. The van der Waals surface area contributed by atoms with E-state index in [2.05, 4.69) is 25.8 Å². The Bertz CT molecular complexity index is 626. The fraction of sp³-hybridized carbons (Fsp3) is 0.308. The molecule has 112 valence electrons. The molecule has 3 N–H and O–H groups in total. The molecule has 0 radical (unpaired) electrons. The lowest BCUT2D eigenvalue weighted by atomic mass is 10.1. The molecule has 0 atom stereocenters. The van der Waals surface area contributed by atoms with Crippen LogP contribution in [0.15, 0.2) is 18.3 Å². The Morgan fingerprint density at radius 2 is 2.29 bits per heavy atom. The molecule has 1 aliphatic heterocycles. The first kappa shape index (κ1) is 15.8. The maximum Gasteiger partial charge on any atom is 0.272 e. The second-order valence-corrected chi connectivity index (χ2v) is 5.04. The summed E-state index contributed by atoms with van der Waals surface area (Å²) in [6.07, 6.45) is 2.43. The minimum atomic E-state index is -0.192. The Hall–Kier alpha value is -1.63. The second kappa shape index (κ2) is 6.89. The van der Waals surface area contributed by atoms with Gasteiger partial charge < -0.3 is 10.6 Å². The highest BCUT2D eigenvalue weighted by Gasteiger charge is 2.21. The average molecular weight is 328 g/mol. The summed E-state index contributed by atoms with van der Waals surface area (Å²) in [7, 11) is 0. The van der Waals surface area contributed by atoms with Crippen molar-refractivity contribution in [1.82, 2.24) is 25.8 Å². The van der Waals surface area contributed by atoms with Crippen molar-refractivity contribution < 1.29 is 4.79 Å². The maximum atomic E-state index is 12.1. The van der Waals surface area contributed by atoms with Gasteiger partial charge in [-0.2, -0.15) is 5.10 Å². The molecular formula is C13H15Cl2N5O. The molecule has 0 aliphatic carbocycles. The first-order valence-corrected chi connectivity index (χ1v) is 6.77. The minimum Gasteiger partial charge on any atom is -0.345 e. The highest BCUT2D eigenvalue weighted by atomic mass is 35.5. The van der Waals surface area contributed by atoms with E-state index in [1.807, 2.05) is 0 Å². The number of aromatic amines is 1. The summed E-state index contributed by atoms with van der Waals surface area (Å²) < 4.78 is 0. The molecule has 6 nitrogen and oxygen atoms in total. The van der Waals surface area contributed by atoms with Crippen LogP contribution in [0.5, 0.6) is 0 Å². The molecule has 0 saturated heterocycles. The Kier molecular flexibility index (Phi) is 5.17. The van der Waals surface area contributed by atoms with E-state index >= 15 is 0 Å². The molecule has 3 rings (SSSR count). The molecule has 0 saturated carbocycles. The van der Waals surface area contributed by atoms with Crippen molar-refractivity contribution in [3.63, 3.8) is 0 Å². The molecule has 0 spiro atoms. The van der Waals surface area contributed by atoms with Crippen molar-refractivity contribution in [1.29, 1.82) is 0 Å². The molecule has 1 amide bonds. The fourth-order valence-corrected chi connectivity index (χ4v) is 2.29. The summed E-state index contributed by atoms with van der Waals surface area (Å²) in [6, 6.07) is 3.53. The van der Waals surface area contributed by atoms with Gasteiger partial charge in [-0.15, -0.1) is 12.4 Å². The van der Waals surface area contributed by atoms with E-state index in [-0.39, 0.29) is 18.3 Å². The van der Waals surface area contributed by atoms with Crippen LogP contribution in [0.4, 0.5) is 0 Å². The van der Waals surface area contributed by atoms with Crippen molar-refractivity contribution in [3.8, 4) is 0 Å². The number of hydrogen-bond donors (Lipinski definition) is 3. The van der Waals surface area contributed by atoms with E-state index in [9.17, 15) is 4.79 Å². The van der Waals surface area contributed by atoms with Crippen molar-refractivity contribution in [3.05, 3.63) is 46.0 Å². The molecule has 2 aromatic rings. The summed E-state index contributed by atoms with van der Waals surface area (Å²) in [5.74, 6) is -0.192. The van der Waals surface area contributed by atoms with Gasteiger partial charge in [-0.25, -0.2) is 0 Å². The average Bonchev–Trinajstić information content (AvgIpc) is 2.90. The second-order valence-electron chi connectivity index (χ2n) is 4.61. The molecular weight excluding hydrogens is 313 g/mol. The van der Waals surface area contributed by atoms with Gasteiger partial charge in [0.2, 0.25) is 0 Å². The molecule has 0 aromatic carbocycles. The molecule has 0 bridgehead atoms.